The van der Waals surface area contributed by atoms with Crippen LogP contribution in [0.25, 0.3) is 0 Å². The van der Waals surface area contributed by atoms with Crippen LogP contribution in [0.2, 0.25) is 0 Å². The van der Waals surface area contributed by atoms with Gasteiger partial charge in [0.1, 0.15) is 0 Å². The molecule has 0 aromatic carbocycles. The Hall–Kier alpha value is 1.48. The van der Waals surface area contributed by atoms with Crippen molar-refractivity contribution in [1.82, 2.24) is 0 Å². The minimum Gasteiger partial charge on any atom is -1.00 e. The van der Waals surface area contributed by atoms with Gasteiger partial charge in [0.25, 0.3) is 0 Å². The summed E-state index contributed by atoms with van der Waals surface area (Å²) in [6.45, 7) is 0. The van der Waals surface area contributed by atoms with Crippen molar-refractivity contribution in [1.29, 1.82) is 0 Å². The second kappa shape index (κ2) is 9.05. The molecule has 0 rings (SSSR count). The van der Waals surface area contributed by atoms with Gasteiger partial charge < -0.3 is 1.43 Å². The summed E-state index contributed by atoms with van der Waals surface area (Å²) < 4.78 is 63.2. The van der Waals surface area contributed by atoms with Crippen LogP contribution in [-0.2, 0) is 43.2 Å². The Morgan fingerprint density at radius 2 is 0.750 bits per heavy atom. The monoisotopic (exact) mass is 327 g/mol. The molecule has 0 bridgehead atoms. The van der Waals surface area contributed by atoms with Gasteiger partial charge in [-0.1, -0.05) is 0 Å². The van der Waals surface area contributed by atoms with Crippen molar-refractivity contribution in [2.75, 3.05) is 0 Å². The van der Waals surface area contributed by atoms with E-state index >= 15 is 0 Å². The molecule has 0 aliphatic carbocycles. The van der Waals surface area contributed by atoms with E-state index < -0.39 is 20.8 Å². The molecule has 0 saturated carbocycles. The Morgan fingerprint density at radius 3 is 0.750 bits per heavy atom. The zero-order valence-corrected chi connectivity index (χ0v) is 10.7. The van der Waals surface area contributed by atoms with Crippen LogP contribution in [0.15, 0.2) is 0 Å². The molecule has 0 atom stereocenters. The smallest absolute Gasteiger partial charge is 1.00 e. The third-order valence-corrected chi connectivity index (χ3v) is 0. The van der Waals surface area contributed by atoms with Crippen molar-refractivity contribution in [3.63, 3.8) is 0 Å². The van der Waals surface area contributed by atoms with E-state index in [1.807, 2.05) is 0 Å². The molecule has 4 N–H and O–H groups in total. The van der Waals surface area contributed by atoms with Crippen LogP contribution in [0.5, 0.6) is 0 Å². The van der Waals surface area contributed by atoms with Crippen molar-refractivity contribution < 1.29 is 88.4 Å². The molecule has 0 amide bonds. The summed E-state index contributed by atoms with van der Waals surface area (Å²) in [6.07, 6.45) is 0. The Morgan fingerprint density at radius 1 is 0.750 bits per heavy atom. The molecule has 12 heavy (non-hydrogen) atoms. The van der Waals surface area contributed by atoms with E-state index in [0.717, 1.165) is 0 Å². The second-order valence-corrected chi connectivity index (χ2v) is 2.69. The van der Waals surface area contributed by atoms with Crippen LogP contribution in [0.1, 0.15) is 1.43 Å². The molecule has 0 aromatic rings. The van der Waals surface area contributed by atoms with Gasteiger partial charge in [-0.15, -0.1) is 0 Å². The third kappa shape index (κ3) is 575. The number of hydrogen-bond donors (Lipinski definition) is 4. The van der Waals surface area contributed by atoms with E-state index in [1.165, 1.54) is 0 Å². The summed E-state index contributed by atoms with van der Waals surface area (Å²) in [6, 6.07) is 0. The molecule has 0 aromatic heterocycles. The molecule has 0 aliphatic heterocycles. The van der Waals surface area contributed by atoms with Gasteiger partial charge in [-0.05, 0) is 0 Å². The summed E-state index contributed by atoms with van der Waals surface area (Å²) in [5.74, 6) is 0. The predicted octanol–water partition coefficient (Wildman–Crippen LogP) is -4.19. The van der Waals surface area contributed by atoms with E-state index in [0.29, 0.717) is 0 Å². The zero-order chi connectivity index (χ0) is 9.00. The Balaban J connectivity index is -0.0000000267. The average molecular weight is 328 g/mol. The minimum absolute atomic E-state index is 0. The molecule has 1 radical (unpaired) electrons. The maximum atomic E-state index is 8.74. The van der Waals surface area contributed by atoms with Crippen molar-refractivity contribution in [3.8, 4) is 0 Å². The largest absolute Gasteiger partial charge is 1.00 e. The molecular weight excluding hydrogens is 323 g/mol. The van der Waals surface area contributed by atoms with Crippen molar-refractivity contribution in [2.24, 2.45) is 0 Å². The van der Waals surface area contributed by atoms with Crippen LogP contribution in [0, 0.1) is 0 Å². The Kier molecular flexibility index (Phi) is 17.6. The predicted molar refractivity (Wildman–Crippen MR) is 29.5 cm³/mol. The topological polar surface area (TPSA) is 149 Å². The summed E-state index contributed by atoms with van der Waals surface area (Å²) in [7, 11) is -9.33. The van der Waals surface area contributed by atoms with Gasteiger partial charge in [-0.2, -0.15) is 16.8 Å². The van der Waals surface area contributed by atoms with Crippen LogP contribution >= 0.6 is 0 Å². The maximum absolute atomic E-state index is 8.74. The van der Waals surface area contributed by atoms with Crippen LogP contribution in [0.3, 0.4) is 0 Å². The molecule has 0 heterocycles. The van der Waals surface area contributed by atoms with E-state index in [4.69, 9.17) is 35.0 Å². The van der Waals surface area contributed by atoms with E-state index in [1.54, 1.807) is 0 Å². The van der Waals surface area contributed by atoms with Crippen LogP contribution in [0.4, 0.5) is 0 Å². The molecule has 0 fully saturated rings. The second-order valence-electron chi connectivity index (χ2n) is 0.896. The summed E-state index contributed by atoms with van der Waals surface area (Å²) in [4.78, 5) is 0. The van der Waals surface area contributed by atoms with E-state index in [2.05, 4.69) is 0 Å². The van der Waals surface area contributed by atoms with Crippen molar-refractivity contribution >= 4 is 20.8 Å². The van der Waals surface area contributed by atoms with Gasteiger partial charge in [-0.3, -0.25) is 18.2 Å². The molecular formula is H5AgNaO8S2. The summed E-state index contributed by atoms with van der Waals surface area (Å²) in [5, 5.41) is 0. The van der Waals surface area contributed by atoms with Gasteiger partial charge in [0.05, 0.1) is 0 Å². The molecule has 12 heteroatoms. The van der Waals surface area contributed by atoms with E-state index in [9.17, 15) is 0 Å². The fraction of sp³-hybridized carbons (Fsp3) is 0. The summed E-state index contributed by atoms with van der Waals surface area (Å²) in [5.41, 5.74) is 0. The number of hydrogen-bond acceptors (Lipinski definition) is 4. The van der Waals surface area contributed by atoms with Gasteiger partial charge in [-0.25, -0.2) is 0 Å². The molecule has 8 nitrogen and oxygen atoms in total. The minimum atomic E-state index is -4.67. The van der Waals surface area contributed by atoms with Crippen molar-refractivity contribution in [3.05, 3.63) is 0 Å². The van der Waals surface area contributed by atoms with E-state index in [-0.39, 0.29) is 53.4 Å². The Bertz CT molecular complexity index is 219. The first-order chi connectivity index (χ1) is 4.00. The molecule has 0 saturated heterocycles. The average Bonchev–Trinajstić information content (AvgIpc) is 1.12. The standard InChI is InChI=1S/Ag.Na.2H2O4S.H/c;;2*1-5(2,3)4;/h;;2*(H2,1,2,3,4);/q;+1;;;-1. The van der Waals surface area contributed by atoms with Crippen molar-refractivity contribution in [2.45, 2.75) is 0 Å². The fourth-order valence-electron chi connectivity index (χ4n) is 0. The maximum Gasteiger partial charge on any atom is 1.00 e. The van der Waals surface area contributed by atoms with Gasteiger partial charge in [0.2, 0.25) is 0 Å². The molecule has 77 valence electrons. The number of rotatable bonds is 0. The normalized spacial score (nSPS) is 9.67. The SMILES string of the molecule is O=S(=O)(O)O.O=S(=O)(O)O.[Ag].[H-].[Na+]. The van der Waals surface area contributed by atoms with Crippen LogP contribution in [-0.4, -0.2) is 35.0 Å². The van der Waals surface area contributed by atoms with Gasteiger partial charge in [0.15, 0.2) is 0 Å². The van der Waals surface area contributed by atoms with Crippen LogP contribution < -0.4 is 29.6 Å². The molecule has 0 unspecified atom stereocenters. The first-order valence-electron chi connectivity index (χ1n) is 1.40. The first-order valence-corrected chi connectivity index (χ1v) is 4.19. The third-order valence-electron chi connectivity index (χ3n) is 0. The molecule has 0 spiro atoms. The molecule has 0 aliphatic rings. The fourth-order valence-corrected chi connectivity index (χ4v) is 0. The first kappa shape index (κ1) is 23.4. The zero-order valence-electron chi connectivity index (χ0n) is 6.54. The Labute approximate surface area is 108 Å². The summed E-state index contributed by atoms with van der Waals surface area (Å²) >= 11 is 0. The van der Waals surface area contributed by atoms with Gasteiger partial charge in [0, 0.05) is 22.4 Å². The quantitative estimate of drug-likeness (QED) is 0.258. The van der Waals surface area contributed by atoms with Gasteiger partial charge >= 0.3 is 50.4 Å².